The van der Waals surface area contributed by atoms with Gasteiger partial charge in [-0.05, 0) is 49.8 Å². The molecule has 11 heteroatoms. The van der Waals surface area contributed by atoms with Crippen molar-refractivity contribution in [1.82, 2.24) is 5.27 Å². The molecule has 0 unspecified atom stereocenters. The van der Waals surface area contributed by atoms with Crippen LogP contribution in [0.15, 0.2) is 76.0 Å². The summed E-state index contributed by atoms with van der Waals surface area (Å²) in [5.74, 6) is -0.300. The van der Waals surface area contributed by atoms with Gasteiger partial charge in [0.1, 0.15) is 5.70 Å². The van der Waals surface area contributed by atoms with Crippen LogP contribution < -0.4 is 24.9 Å². The maximum Gasteiger partial charge on any atom is 0.305 e. The first-order valence-electron chi connectivity index (χ1n) is 11.9. The highest BCUT2D eigenvalue weighted by Gasteiger charge is 2.32. The Labute approximate surface area is 220 Å². The first kappa shape index (κ1) is 26.0. The molecule has 2 aromatic carbocycles. The number of hydrogen-bond acceptors (Lipinski definition) is 8. The van der Waals surface area contributed by atoms with Crippen molar-refractivity contribution < 1.29 is 18.9 Å². The lowest BCUT2D eigenvalue weighted by atomic mass is 10.1. The van der Waals surface area contributed by atoms with Crippen molar-refractivity contribution in [3.8, 4) is 0 Å². The van der Waals surface area contributed by atoms with Crippen LogP contribution in [0, 0.1) is 0 Å². The Morgan fingerprint density at radius 2 is 1.81 bits per heavy atom. The van der Waals surface area contributed by atoms with Crippen LogP contribution in [0.2, 0.25) is 0 Å². The van der Waals surface area contributed by atoms with Crippen LogP contribution in [0.4, 0.5) is 17.3 Å². The molecule has 0 bridgehead atoms. The normalized spacial score (nSPS) is 14.2. The molecule has 0 aliphatic carbocycles. The number of nitrogens with zero attached hydrogens (tertiary/aromatic N) is 6. The maximum atomic E-state index is 13.4. The molecule has 0 radical (unpaired) electrons. The number of rotatable bonds is 9. The van der Waals surface area contributed by atoms with E-state index in [0.717, 1.165) is 24.3 Å². The first-order valence-corrected chi connectivity index (χ1v) is 12.9. The van der Waals surface area contributed by atoms with E-state index in [2.05, 4.69) is 34.3 Å². The first-order chi connectivity index (χ1) is 17.9. The second kappa shape index (κ2) is 11.7. The van der Waals surface area contributed by atoms with Crippen molar-refractivity contribution in [1.29, 1.82) is 0 Å². The van der Waals surface area contributed by atoms with Crippen LogP contribution in [-0.4, -0.2) is 55.2 Å². The summed E-state index contributed by atoms with van der Waals surface area (Å²) in [6.45, 7) is 6.08. The van der Waals surface area contributed by atoms with Crippen LogP contribution >= 0.6 is 11.8 Å². The number of carbonyl (C=O) groups is 2. The third kappa shape index (κ3) is 6.18. The molecule has 3 aromatic rings. The number of hydrogen-bond donors (Lipinski definition) is 1. The van der Waals surface area contributed by atoms with Crippen molar-refractivity contribution in [2.75, 3.05) is 53.1 Å². The predicted octanol–water partition coefficient (Wildman–Crippen LogP) is 3.12. The van der Waals surface area contributed by atoms with Crippen LogP contribution in [0.5, 0.6) is 0 Å². The van der Waals surface area contributed by atoms with E-state index < -0.39 is 0 Å². The van der Waals surface area contributed by atoms with Gasteiger partial charge in [0.25, 0.3) is 12.1 Å². The molecule has 0 atom stereocenters. The van der Waals surface area contributed by atoms with Crippen LogP contribution in [0.25, 0.3) is 6.08 Å². The van der Waals surface area contributed by atoms with E-state index in [1.165, 1.54) is 21.5 Å². The average Bonchev–Trinajstić information content (AvgIpc) is 3.49. The van der Waals surface area contributed by atoms with Crippen molar-refractivity contribution in [3.05, 3.63) is 72.1 Å². The summed E-state index contributed by atoms with van der Waals surface area (Å²) >= 11 is 1.17. The van der Waals surface area contributed by atoms with E-state index in [-0.39, 0.29) is 23.5 Å². The van der Waals surface area contributed by atoms with E-state index in [1.54, 1.807) is 31.4 Å². The Kier molecular flexibility index (Phi) is 8.24. The fourth-order valence-corrected chi connectivity index (χ4v) is 4.52. The van der Waals surface area contributed by atoms with Crippen LogP contribution in [0.1, 0.15) is 19.4 Å². The molecule has 37 heavy (non-hydrogen) atoms. The number of amidine groups is 1. The van der Waals surface area contributed by atoms with Gasteiger partial charge in [-0.3, -0.25) is 24.3 Å². The molecule has 1 N–H and O–H groups in total. The summed E-state index contributed by atoms with van der Waals surface area (Å²) in [6.07, 6.45) is 3.33. The van der Waals surface area contributed by atoms with Gasteiger partial charge in [-0.2, -0.15) is 5.01 Å². The average molecular weight is 521 g/mol. The molecule has 0 saturated carbocycles. The van der Waals surface area contributed by atoms with Crippen molar-refractivity contribution in [2.45, 2.75) is 13.8 Å². The second-order valence-electron chi connectivity index (χ2n) is 8.33. The van der Waals surface area contributed by atoms with Gasteiger partial charge >= 0.3 is 5.88 Å². The SMILES string of the molecule is CCN(CC)c1ccc(/C=C2/N=C(SCC(=O)Nc3c[n+](N(C)C)no3)N(c3ccccc3)C2=O)cc1. The lowest BCUT2D eigenvalue weighted by Crippen LogP contribution is -2.53. The fourth-order valence-electron chi connectivity index (χ4n) is 3.71. The van der Waals surface area contributed by atoms with Gasteiger partial charge in [0.2, 0.25) is 11.2 Å². The molecule has 10 nitrogen and oxygen atoms in total. The smallest absolute Gasteiger partial charge is 0.305 e. The molecule has 2 amide bonds. The lowest BCUT2D eigenvalue weighted by molar-refractivity contribution is -0.753. The molecule has 0 spiro atoms. The molecule has 192 valence electrons. The number of aliphatic imine (C=N–C) groups is 1. The summed E-state index contributed by atoms with van der Waals surface area (Å²) in [5.41, 5.74) is 3.00. The fraction of sp³-hybridized carbons (Fsp3) is 0.269. The van der Waals surface area contributed by atoms with Crippen molar-refractivity contribution in [2.24, 2.45) is 4.99 Å². The highest BCUT2D eigenvalue weighted by Crippen LogP contribution is 2.29. The zero-order valence-corrected chi connectivity index (χ0v) is 22.1. The number of amides is 2. The Bertz CT molecular complexity index is 1300. The molecule has 0 saturated heterocycles. The van der Waals surface area contributed by atoms with E-state index in [0.29, 0.717) is 16.6 Å². The number of nitrogens with one attached hydrogen (secondary N) is 1. The number of aromatic nitrogens is 2. The zero-order chi connectivity index (χ0) is 26.4. The predicted molar refractivity (Wildman–Crippen MR) is 147 cm³/mol. The standard InChI is InChI=1S/C26H29N7O3S/c1-5-31(6-2)20-14-12-19(13-15-20)16-22-25(35)33(21-10-8-7-9-11-21)26(27-22)37-18-23(34)28-24-17-32(29-36-24)30(3)4/h7-17H,5-6,18H2,1-4H3/p+1/b22-16+. The summed E-state index contributed by atoms with van der Waals surface area (Å²) in [4.78, 5) is 35.8. The quantitative estimate of drug-likeness (QED) is 0.342. The molecule has 1 aliphatic rings. The third-order valence-corrected chi connectivity index (χ3v) is 6.57. The second-order valence-corrected chi connectivity index (χ2v) is 9.28. The molecule has 0 fully saturated rings. The number of anilines is 3. The number of benzene rings is 2. The summed E-state index contributed by atoms with van der Waals surface area (Å²) in [5, 5.41) is 8.59. The Hall–Kier alpha value is -4.12. The highest BCUT2D eigenvalue weighted by atomic mass is 32.2. The molecule has 4 rings (SSSR count). The molecule has 1 aromatic heterocycles. The molecule has 1 aliphatic heterocycles. The zero-order valence-electron chi connectivity index (χ0n) is 21.3. The number of thioether (sulfide) groups is 1. The molecular weight excluding hydrogens is 490 g/mol. The largest absolute Gasteiger partial charge is 0.372 e. The Balaban J connectivity index is 1.52. The molecular formula is C26H30N7O3S+. The van der Waals surface area contributed by atoms with Crippen molar-refractivity contribution >= 4 is 52.1 Å². The van der Waals surface area contributed by atoms with Gasteiger partial charge in [-0.1, -0.05) is 42.1 Å². The van der Waals surface area contributed by atoms with Crippen LogP contribution in [-0.2, 0) is 9.59 Å². The summed E-state index contributed by atoms with van der Waals surface area (Å²) < 4.78 is 5.12. The van der Waals surface area contributed by atoms with Gasteiger partial charge in [0, 0.05) is 18.8 Å². The van der Waals surface area contributed by atoms with Gasteiger partial charge in [-0.25, -0.2) is 4.99 Å². The van der Waals surface area contributed by atoms with Gasteiger partial charge in [0.15, 0.2) is 5.17 Å². The molecule has 2 heterocycles. The van der Waals surface area contributed by atoms with E-state index in [9.17, 15) is 9.59 Å². The van der Waals surface area contributed by atoms with E-state index in [1.807, 2.05) is 54.6 Å². The monoisotopic (exact) mass is 520 g/mol. The number of carbonyl (C=O) groups excluding carboxylic acids is 2. The van der Waals surface area contributed by atoms with E-state index in [4.69, 9.17) is 4.52 Å². The van der Waals surface area contributed by atoms with Crippen molar-refractivity contribution in [3.63, 3.8) is 0 Å². The third-order valence-electron chi connectivity index (χ3n) is 5.63. The van der Waals surface area contributed by atoms with Gasteiger partial charge in [0.05, 0.1) is 30.3 Å². The minimum atomic E-state index is -0.306. The minimum absolute atomic E-state index is 0.0317. The minimum Gasteiger partial charge on any atom is -0.372 e. The van der Waals surface area contributed by atoms with E-state index >= 15 is 0 Å². The lowest BCUT2D eigenvalue weighted by Gasteiger charge is -2.20. The Morgan fingerprint density at radius 3 is 2.43 bits per heavy atom. The Morgan fingerprint density at radius 1 is 1.11 bits per heavy atom. The topological polar surface area (TPSA) is 98.2 Å². The number of para-hydroxylation sites is 1. The van der Waals surface area contributed by atoms with Gasteiger partial charge in [-0.15, -0.1) is 0 Å². The highest BCUT2D eigenvalue weighted by molar-refractivity contribution is 8.14. The maximum absolute atomic E-state index is 13.4. The van der Waals surface area contributed by atoms with Gasteiger partial charge < -0.3 is 4.90 Å². The van der Waals surface area contributed by atoms with Crippen LogP contribution in [0.3, 0.4) is 0 Å². The summed E-state index contributed by atoms with van der Waals surface area (Å²) in [6, 6.07) is 17.3. The summed E-state index contributed by atoms with van der Waals surface area (Å²) in [7, 11) is 3.59.